The molecule has 25 heavy (non-hydrogen) atoms. The number of piperazine rings is 1. The van der Waals surface area contributed by atoms with Crippen LogP contribution >= 0.6 is 27.5 Å². The van der Waals surface area contributed by atoms with Gasteiger partial charge in [0.25, 0.3) is 0 Å². The van der Waals surface area contributed by atoms with Crippen LogP contribution in [0.25, 0.3) is 10.9 Å². The van der Waals surface area contributed by atoms with Crippen LogP contribution in [-0.2, 0) is 6.54 Å². The molecule has 1 aromatic carbocycles. The van der Waals surface area contributed by atoms with E-state index in [1.165, 1.54) is 5.69 Å². The van der Waals surface area contributed by atoms with Crippen molar-refractivity contribution in [2.75, 3.05) is 31.1 Å². The van der Waals surface area contributed by atoms with Crippen LogP contribution in [0.5, 0.6) is 0 Å². The quantitative estimate of drug-likeness (QED) is 0.642. The van der Waals surface area contributed by atoms with E-state index < -0.39 is 0 Å². The molecule has 3 heterocycles. The number of aromatic nitrogens is 3. The molecule has 0 saturated carbocycles. The maximum atomic E-state index is 6.35. The Labute approximate surface area is 158 Å². The Bertz CT molecular complexity index is 907. The minimum atomic E-state index is 0.611. The van der Waals surface area contributed by atoms with Crippen molar-refractivity contribution in [1.29, 1.82) is 0 Å². The second-order valence-corrected chi connectivity index (χ2v) is 7.43. The monoisotopic (exact) mass is 421 g/mol. The number of rotatable bonds is 3. The number of hydrogen-bond donors (Lipinski definition) is 0. The van der Waals surface area contributed by atoms with Gasteiger partial charge in [-0.05, 0) is 18.2 Å². The van der Waals surface area contributed by atoms with E-state index in [9.17, 15) is 0 Å². The minimum absolute atomic E-state index is 0.611. The number of halogens is 2. The van der Waals surface area contributed by atoms with Gasteiger partial charge in [-0.25, -0.2) is 0 Å². The van der Waals surface area contributed by atoms with Gasteiger partial charge in [-0.3, -0.25) is 9.88 Å². The molecule has 1 aliphatic rings. The van der Waals surface area contributed by atoms with Crippen LogP contribution in [0.15, 0.2) is 33.4 Å². The van der Waals surface area contributed by atoms with E-state index in [4.69, 9.17) is 16.1 Å². The van der Waals surface area contributed by atoms with Crippen molar-refractivity contribution in [3.05, 3.63) is 45.6 Å². The van der Waals surface area contributed by atoms with Crippen molar-refractivity contribution in [2.24, 2.45) is 0 Å². The van der Waals surface area contributed by atoms with Crippen molar-refractivity contribution in [1.82, 2.24) is 20.0 Å². The predicted octanol–water partition coefficient (Wildman–Crippen LogP) is 3.66. The fourth-order valence-electron chi connectivity index (χ4n) is 3.19. The summed E-state index contributed by atoms with van der Waals surface area (Å²) in [5.74, 6) is 1.36. The first-order valence-corrected chi connectivity index (χ1v) is 9.27. The predicted molar refractivity (Wildman–Crippen MR) is 101 cm³/mol. The highest BCUT2D eigenvalue weighted by atomic mass is 79.9. The lowest BCUT2D eigenvalue weighted by atomic mass is 10.1. The molecule has 8 heteroatoms. The Morgan fingerprint density at radius 2 is 2.04 bits per heavy atom. The van der Waals surface area contributed by atoms with Crippen molar-refractivity contribution < 1.29 is 4.52 Å². The zero-order chi connectivity index (χ0) is 17.4. The van der Waals surface area contributed by atoms with Crippen LogP contribution < -0.4 is 4.90 Å². The first-order chi connectivity index (χ1) is 12.1. The first kappa shape index (κ1) is 16.8. The Balaban J connectivity index is 1.52. The van der Waals surface area contributed by atoms with Crippen LogP contribution in [0, 0.1) is 6.92 Å². The lowest BCUT2D eigenvalue weighted by Gasteiger charge is -2.36. The number of fused-ring (bicyclic) bond motifs is 1. The molecule has 0 atom stereocenters. The Kier molecular flexibility index (Phi) is 4.62. The zero-order valence-electron chi connectivity index (χ0n) is 13.7. The third-order valence-corrected chi connectivity index (χ3v) is 5.13. The minimum Gasteiger partial charge on any atom is -0.368 e. The third kappa shape index (κ3) is 3.49. The molecule has 6 nitrogen and oxygen atoms in total. The molecule has 1 saturated heterocycles. The van der Waals surface area contributed by atoms with E-state index >= 15 is 0 Å². The van der Waals surface area contributed by atoms with Gasteiger partial charge in [-0.2, -0.15) is 4.98 Å². The van der Waals surface area contributed by atoms with Crippen molar-refractivity contribution in [3.63, 3.8) is 0 Å². The summed E-state index contributed by atoms with van der Waals surface area (Å²) in [6.45, 7) is 6.28. The maximum absolute atomic E-state index is 6.35. The second kappa shape index (κ2) is 6.90. The second-order valence-electron chi connectivity index (χ2n) is 6.11. The molecule has 3 aromatic rings. The molecule has 2 aromatic heterocycles. The van der Waals surface area contributed by atoms with Crippen molar-refractivity contribution >= 4 is 44.1 Å². The normalized spacial score (nSPS) is 15.9. The molecule has 0 unspecified atom stereocenters. The average molecular weight is 423 g/mol. The lowest BCUT2D eigenvalue weighted by Crippen LogP contribution is -2.46. The van der Waals surface area contributed by atoms with E-state index in [2.05, 4.69) is 53.0 Å². The Morgan fingerprint density at radius 3 is 2.76 bits per heavy atom. The smallest absolute Gasteiger partial charge is 0.223 e. The summed E-state index contributed by atoms with van der Waals surface area (Å²) in [4.78, 5) is 13.4. The van der Waals surface area contributed by atoms with E-state index in [0.29, 0.717) is 10.9 Å². The van der Waals surface area contributed by atoms with Gasteiger partial charge in [0.1, 0.15) is 0 Å². The highest BCUT2D eigenvalue weighted by molar-refractivity contribution is 9.10. The molecule has 130 valence electrons. The van der Waals surface area contributed by atoms with Crippen LogP contribution in [0.3, 0.4) is 0 Å². The van der Waals surface area contributed by atoms with E-state index in [1.54, 1.807) is 0 Å². The molecule has 0 radical (unpaired) electrons. The number of benzene rings is 1. The number of aryl methyl sites for hydroxylation is 1. The van der Waals surface area contributed by atoms with Gasteiger partial charge in [0.15, 0.2) is 5.82 Å². The molecular weight excluding hydrogens is 406 g/mol. The van der Waals surface area contributed by atoms with E-state index in [1.807, 2.05) is 19.2 Å². The molecule has 0 amide bonds. The van der Waals surface area contributed by atoms with Crippen LogP contribution in [0.1, 0.15) is 11.7 Å². The van der Waals surface area contributed by atoms with Crippen LogP contribution in [-0.4, -0.2) is 46.2 Å². The van der Waals surface area contributed by atoms with E-state index in [0.717, 1.165) is 53.9 Å². The summed E-state index contributed by atoms with van der Waals surface area (Å²) >= 11 is 9.87. The number of pyridine rings is 1. The van der Waals surface area contributed by atoms with Gasteiger partial charge in [-0.15, -0.1) is 0 Å². The molecule has 0 aliphatic carbocycles. The fraction of sp³-hybridized carbons (Fsp3) is 0.353. The van der Waals surface area contributed by atoms with E-state index in [-0.39, 0.29) is 0 Å². The molecule has 1 fully saturated rings. The van der Waals surface area contributed by atoms with Gasteiger partial charge in [0.05, 0.1) is 17.1 Å². The number of anilines is 1. The summed E-state index contributed by atoms with van der Waals surface area (Å²) in [6, 6.07) is 6.02. The Morgan fingerprint density at radius 1 is 1.24 bits per heavy atom. The standard InChI is InChI=1S/C17H17BrClN5O/c1-11-21-16(22-25-11)10-23-4-6-24(7-5-23)15-2-3-20-17-13(15)8-12(18)9-14(17)19/h2-3,8-9H,4-7,10H2,1H3. The van der Waals surface area contributed by atoms with Crippen LogP contribution in [0.2, 0.25) is 5.02 Å². The molecule has 0 N–H and O–H groups in total. The Hall–Kier alpha value is -1.70. The largest absolute Gasteiger partial charge is 0.368 e. The van der Waals surface area contributed by atoms with Crippen molar-refractivity contribution in [3.8, 4) is 0 Å². The molecule has 1 aliphatic heterocycles. The van der Waals surface area contributed by atoms with Gasteiger partial charge in [0.2, 0.25) is 5.89 Å². The number of nitrogens with zero attached hydrogens (tertiary/aromatic N) is 5. The molecule has 0 spiro atoms. The summed E-state index contributed by atoms with van der Waals surface area (Å²) in [7, 11) is 0. The molecular formula is C17H17BrClN5O. The average Bonchev–Trinajstić information content (AvgIpc) is 3.00. The summed E-state index contributed by atoms with van der Waals surface area (Å²) in [5, 5.41) is 5.72. The topological polar surface area (TPSA) is 58.3 Å². The summed E-state index contributed by atoms with van der Waals surface area (Å²) in [6.07, 6.45) is 1.83. The van der Waals surface area contributed by atoms with Gasteiger partial charge in [0, 0.05) is 54.8 Å². The summed E-state index contributed by atoms with van der Waals surface area (Å²) < 4.78 is 6.01. The first-order valence-electron chi connectivity index (χ1n) is 8.10. The fourth-order valence-corrected chi connectivity index (χ4v) is 4.05. The SMILES string of the molecule is Cc1nc(CN2CCN(c3ccnc4c(Cl)cc(Br)cc34)CC2)no1. The number of hydrogen-bond acceptors (Lipinski definition) is 6. The summed E-state index contributed by atoms with van der Waals surface area (Å²) in [5.41, 5.74) is 2.01. The van der Waals surface area contributed by atoms with Crippen molar-refractivity contribution in [2.45, 2.75) is 13.5 Å². The zero-order valence-corrected chi connectivity index (χ0v) is 16.1. The third-order valence-electron chi connectivity index (χ3n) is 4.39. The van der Waals surface area contributed by atoms with Gasteiger partial charge in [-0.1, -0.05) is 32.7 Å². The van der Waals surface area contributed by atoms with Crippen LogP contribution in [0.4, 0.5) is 5.69 Å². The molecule has 4 rings (SSSR count). The highest BCUT2D eigenvalue weighted by Crippen LogP contribution is 2.33. The highest BCUT2D eigenvalue weighted by Gasteiger charge is 2.21. The molecule has 0 bridgehead atoms. The lowest BCUT2D eigenvalue weighted by molar-refractivity contribution is 0.240. The van der Waals surface area contributed by atoms with Gasteiger partial charge >= 0.3 is 0 Å². The van der Waals surface area contributed by atoms with Gasteiger partial charge < -0.3 is 9.42 Å². The maximum Gasteiger partial charge on any atom is 0.223 e.